The molecule has 0 aromatic heterocycles. The van der Waals surface area contributed by atoms with Crippen LogP contribution in [0.4, 0.5) is 11.4 Å². The zero-order chi connectivity index (χ0) is 10.0. The van der Waals surface area contributed by atoms with Crippen molar-refractivity contribution in [3.63, 3.8) is 0 Å². The quantitative estimate of drug-likeness (QED) is 0.753. The van der Waals surface area contributed by atoms with Crippen LogP contribution < -0.4 is 10.4 Å². The summed E-state index contributed by atoms with van der Waals surface area (Å²) in [6.07, 6.45) is 0. The summed E-state index contributed by atoms with van der Waals surface area (Å²) >= 11 is 11.6. The summed E-state index contributed by atoms with van der Waals surface area (Å²) in [5.41, 5.74) is 1.30. The molecule has 0 radical (unpaired) electrons. The van der Waals surface area contributed by atoms with Crippen LogP contribution in [0.5, 0.6) is 0 Å². The molecule has 2 N–H and O–H groups in total. The van der Waals surface area contributed by atoms with Crippen molar-refractivity contribution < 1.29 is 5.21 Å². The van der Waals surface area contributed by atoms with Crippen molar-refractivity contribution in [1.29, 1.82) is 0 Å². The van der Waals surface area contributed by atoms with Crippen LogP contribution >= 0.6 is 23.2 Å². The molecule has 72 valence electrons. The molecule has 0 aliphatic rings. The maximum absolute atomic E-state index is 9.24. The van der Waals surface area contributed by atoms with E-state index >= 15 is 0 Å². The molecule has 0 saturated heterocycles. The molecule has 0 spiro atoms. The molecule has 0 aliphatic carbocycles. The highest BCUT2D eigenvalue weighted by molar-refractivity contribution is 6.42. The predicted molar refractivity (Wildman–Crippen MR) is 56.2 cm³/mol. The van der Waals surface area contributed by atoms with Gasteiger partial charge in [-0.15, -0.1) is 0 Å². The minimum absolute atomic E-state index is 0.413. The molecule has 0 aliphatic heterocycles. The first-order valence-corrected chi connectivity index (χ1v) is 4.41. The molecule has 5 heteroatoms. The summed E-state index contributed by atoms with van der Waals surface area (Å²) in [5.74, 6) is 0. The Morgan fingerprint density at radius 3 is 2.31 bits per heavy atom. The zero-order valence-electron chi connectivity index (χ0n) is 7.31. The summed E-state index contributed by atoms with van der Waals surface area (Å²) in [4.78, 5) is 0. The Balaban J connectivity index is 3.25. The van der Waals surface area contributed by atoms with Crippen LogP contribution in [-0.2, 0) is 0 Å². The number of benzene rings is 1. The van der Waals surface area contributed by atoms with E-state index in [4.69, 9.17) is 23.2 Å². The van der Waals surface area contributed by atoms with E-state index in [0.29, 0.717) is 15.7 Å². The average molecular weight is 221 g/mol. The van der Waals surface area contributed by atoms with Gasteiger partial charge in [0.2, 0.25) is 0 Å². The van der Waals surface area contributed by atoms with E-state index < -0.39 is 0 Å². The van der Waals surface area contributed by atoms with Crippen molar-refractivity contribution in [1.82, 2.24) is 0 Å². The molecule has 3 nitrogen and oxygen atoms in total. The number of hydroxylamine groups is 1. The molecule has 0 heterocycles. The summed E-state index contributed by atoms with van der Waals surface area (Å²) in [6, 6.07) is 3.25. The SMILES string of the molecule is CNc1cc(Cl)c(Cl)cc1N(C)O. The first kappa shape index (κ1) is 10.4. The number of hydrogen-bond donors (Lipinski definition) is 2. The molecule has 1 aromatic carbocycles. The van der Waals surface area contributed by atoms with E-state index in [1.165, 1.54) is 7.05 Å². The number of rotatable bonds is 2. The second-order valence-electron chi connectivity index (χ2n) is 2.56. The second-order valence-corrected chi connectivity index (χ2v) is 3.37. The number of nitrogens with zero attached hydrogens (tertiary/aromatic N) is 1. The standard InChI is InChI=1S/C8H10Cl2N2O/c1-11-7-3-5(9)6(10)4-8(7)12(2)13/h3-4,11,13H,1-2H3. The van der Waals surface area contributed by atoms with Gasteiger partial charge in [0.25, 0.3) is 0 Å². The van der Waals surface area contributed by atoms with Gasteiger partial charge in [-0.05, 0) is 12.1 Å². The van der Waals surface area contributed by atoms with Crippen LogP contribution in [0.3, 0.4) is 0 Å². The van der Waals surface area contributed by atoms with Crippen LogP contribution in [0.25, 0.3) is 0 Å². The first-order valence-electron chi connectivity index (χ1n) is 3.65. The van der Waals surface area contributed by atoms with Crippen molar-refractivity contribution in [2.24, 2.45) is 0 Å². The normalized spacial score (nSPS) is 9.92. The first-order chi connectivity index (χ1) is 6.06. The van der Waals surface area contributed by atoms with E-state index in [-0.39, 0.29) is 0 Å². The van der Waals surface area contributed by atoms with E-state index in [1.54, 1.807) is 19.2 Å². The second kappa shape index (κ2) is 4.05. The largest absolute Gasteiger partial charge is 0.386 e. The van der Waals surface area contributed by atoms with Gasteiger partial charge in [-0.1, -0.05) is 23.2 Å². The summed E-state index contributed by atoms with van der Waals surface area (Å²) in [6.45, 7) is 0. The Hall–Kier alpha value is -0.640. The molecular formula is C8H10Cl2N2O. The van der Waals surface area contributed by atoms with Gasteiger partial charge < -0.3 is 5.32 Å². The predicted octanol–water partition coefficient (Wildman–Crippen LogP) is 2.86. The lowest BCUT2D eigenvalue weighted by Crippen LogP contribution is -2.12. The van der Waals surface area contributed by atoms with Gasteiger partial charge in [-0.25, -0.2) is 0 Å². The van der Waals surface area contributed by atoms with Gasteiger partial charge in [0.15, 0.2) is 0 Å². The maximum Gasteiger partial charge on any atom is 0.0877 e. The minimum Gasteiger partial charge on any atom is -0.386 e. The Morgan fingerprint density at radius 2 is 1.85 bits per heavy atom. The lowest BCUT2D eigenvalue weighted by atomic mass is 10.2. The zero-order valence-corrected chi connectivity index (χ0v) is 8.82. The molecule has 0 saturated carbocycles. The summed E-state index contributed by atoms with van der Waals surface area (Å²) < 4.78 is 0. The maximum atomic E-state index is 9.24. The molecule has 13 heavy (non-hydrogen) atoms. The third-order valence-corrected chi connectivity index (χ3v) is 2.38. The third kappa shape index (κ3) is 2.18. The summed E-state index contributed by atoms with van der Waals surface area (Å²) in [5, 5.41) is 14.0. The minimum atomic E-state index is 0.413. The van der Waals surface area contributed by atoms with Gasteiger partial charge in [0.05, 0.1) is 21.4 Å². The Kier molecular flexibility index (Phi) is 3.25. The molecule has 1 rings (SSSR count). The van der Waals surface area contributed by atoms with Crippen LogP contribution in [0, 0.1) is 0 Å². The van der Waals surface area contributed by atoms with E-state index in [2.05, 4.69) is 5.32 Å². The van der Waals surface area contributed by atoms with Crippen LogP contribution in [0.1, 0.15) is 0 Å². The summed E-state index contributed by atoms with van der Waals surface area (Å²) in [7, 11) is 3.26. The number of hydrogen-bond acceptors (Lipinski definition) is 3. The molecule has 0 fully saturated rings. The Bertz CT molecular complexity index is 315. The number of halogens is 2. The number of nitrogens with one attached hydrogen (secondary N) is 1. The highest BCUT2D eigenvalue weighted by atomic mass is 35.5. The monoisotopic (exact) mass is 220 g/mol. The van der Waals surface area contributed by atoms with E-state index in [1.807, 2.05) is 0 Å². The number of anilines is 2. The highest BCUT2D eigenvalue weighted by Crippen LogP contribution is 2.33. The fraction of sp³-hybridized carbons (Fsp3) is 0.250. The van der Waals surface area contributed by atoms with Gasteiger partial charge in [-0.2, -0.15) is 0 Å². The highest BCUT2D eigenvalue weighted by Gasteiger charge is 2.08. The smallest absolute Gasteiger partial charge is 0.0877 e. The molecule has 0 amide bonds. The van der Waals surface area contributed by atoms with Gasteiger partial charge in [-0.3, -0.25) is 10.3 Å². The van der Waals surface area contributed by atoms with E-state index in [9.17, 15) is 5.21 Å². The lowest BCUT2D eigenvalue weighted by Gasteiger charge is -2.16. The molecule has 0 unspecified atom stereocenters. The molecular weight excluding hydrogens is 211 g/mol. The Morgan fingerprint density at radius 1 is 1.31 bits per heavy atom. The van der Waals surface area contributed by atoms with Gasteiger partial charge in [0, 0.05) is 14.1 Å². The van der Waals surface area contributed by atoms with Gasteiger partial charge in [0.1, 0.15) is 0 Å². The van der Waals surface area contributed by atoms with Crippen molar-refractivity contribution >= 4 is 34.6 Å². The van der Waals surface area contributed by atoms with Gasteiger partial charge >= 0.3 is 0 Å². The molecule has 1 aromatic rings. The van der Waals surface area contributed by atoms with Crippen molar-refractivity contribution in [2.45, 2.75) is 0 Å². The Labute approximate surface area is 86.8 Å². The topological polar surface area (TPSA) is 35.5 Å². The van der Waals surface area contributed by atoms with E-state index in [0.717, 1.165) is 10.8 Å². The fourth-order valence-corrected chi connectivity index (χ4v) is 1.33. The van der Waals surface area contributed by atoms with Crippen LogP contribution in [-0.4, -0.2) is 19.3 Å². The van der Waals surface area contributed by atoms with Crippen LogP contribution in [0.2, 0.25) is 10.0 Å². The average Bonchev–Trinajstić information content (AvgIpc) is 2.08. The molecule has 0 atom stereocenters. The van der Waals surface area contributed by atoms with Crippen molar-refractivity contribution in [3.8, 4) is 0 Å². The van der Waals surface area contributed by atoms with Crippen LogP contribution in [0.15, 0.2) is 12.1 Å². The lowest BCUT2D eigenvalue weighted by molar-refractivity contribution is 0.280. The van der Waals surface area contributed by atoms with Crippen molar-refractivity contribution in [3.05, 3.63) is 22.2 Å². The third-order valence-electron chi connectivity index (χ3n) is 1.66. The fourth-order valence-electron chi connectivity index (χ4n) is 1.00. The van der Waals surface area contributed by atoms with Crippen molar-refractivity contribution in [2.75, 3.05) is 24.5 Å². The molecule has 0 bridgehead atoms.